The van der Waals surface area contributed by atoms with Crippen molar-refractivity contribution in [3.8, 4) is 28.6 Å². The largest absolute Gasteiger partial charge is 0.489 e. The molecule has 0 spiro atoms. The molecule has 1 aliphatic rings. The van der Waals surface area contributed by atoms with E-state index in [4.69, 9.17) is 20.7 Å². The lowest BCUT2D eigenvalue weighted by atomic mass is 10.0. The highest BCUT2D eigenvalue weighted by Gasteiger charge is 2.29. The molecule has 1 unspecified atom stereocenters. The molecule has 0 saturated heterocycles. The summed E-state index contributed by atoms with van der Waals surface area (Å²) in [6, 6.07) is 10.8. The fraction of sp³-hybridized carbons (Fsp3) is 0.417. The van der Waals surface area contributed by atoms with E-state index < -0.39 is 10.0 Å². The van der Waals surface area contributed by atoms with Gasteiger partial charge in [-0.15, -0.1) is 0 Å². The van der Waals surface area contributed by atoms with Crippen LogP contribution < -0.4 is 26.2 Å². The Bertz CT molecular complexity index is 1270. The normalized spacial score (nSPS) is 15.5. The van der Waals surface area contributed by atoms with E-state index in [1.807, 2.05) is 38.1 Å². The zero-order valence-electron chi connectivity index (χ0n) is 20.0. The van der Waals surface area contributed by atoms with E-state index in [2.05, 4.69) is 20.2 Å². The van der Waals surface area contributed by atoms with Crippen molar-refractivity contribution in [1.29, 1.82) is 0 Å². The number of ether oxygens (including phenoxy) is 1. The van der Waals surface area contributed by atoms with E-state index >= 15 is 0 Å². The van der Waals surface area contributed by atoms with Gasteiger partial charge in [-0.3, -0.25) is 0 Å². The van der Waals surface area contributed by atoms with Gasteiger partial charge in [0.25, 0.3) is 5.89 Å². The second kappa shape index (κ2) is 10.7. The number of nitrogens with two attached hydrogens (primary N) is 2. The number of rotatable bonds is 11. The Morgan fingerprint density at radius 3 is 2.80 bits per heavy atom. The van der Waals surface area contributed by atoms with Crippen LogP contribution in [0, 0.1) is 0 Å². The molecule has 0 fully saturated rings. The summed E-state index contributed by atoms with van der Waals surface area (Å²) in [5, 5.41) is 7.19. The Kier molecular flexibility index (Phi) is 7.70. The molecule has 3 aromatic rings. The predicted octanol–water partition coefficient (Wildman–Crippen LogP) is 2.23. The van der Waals surface area contributed by atoms with Gasteiger partial charge in [0, 0.05) is 36.8 Å². The fourth-order valence-electron chi connectivity index (χ4n) is 4.19. The van der Waals surface area contributed by atoms with Crippen molar-refractivity contribution in [2.75, 3.05) is 31.1 Å². The number of benzene rings is 2. The number of anilines is 1. The van der Waals surface area contributed by atoms with Crippen LogP contribution in [0.3, 0.4) is 0 Å². The van der Waals surface area contributed by atoms with Gasteiger partial charge in [0.15, 0.2) is 0 Å². The van der Waals surface area contributed by atoms with Gasteiger partial charge in [0.1, 0.15) is 5.75 Å². The van der Waals surface area contributed by atoms with Crippen molar-refractivity contribution < 1.29 is 17.7 Å². The number of aromatic nitrogens is 2. The van der Waals surface area contributed by atoms with Crippen LogP contribution in [-0.2, 0) is 16.4 Å². The van der Waals surface area contributed by atoms with Gasteiger partial charge in [0.05, 0.1) is 17.5 Å². The Hall–Kier alpha value is -2.99. The maximum Gasteiger partial charge on any atom is 0.258 e. The first-order chi connectivity index (χ1) is 16.8. The van der Waals surface area contributed by atoms with Crippen molar-refractivity contribution in [3.05, 3.63) is 47.5 Å². The van der Waals surface area contributed by atoms with E-state index in [9.17, 15) is 8.42 Å². The highest BCUT2D eigenvalue weighted by Crippen LogP contribution is 2.38. The van der Waals surface area contributed by atoms with Crippen molar-refractivity contribution in [2.45, 2.75) is 38.8 Å². The Morgan fingerprint density at radius 1 is 1.23 bits per heavy atom. The van der Waals surface area contributed by atoms with Gasteiger partial charge in [-0.25, -0.2) is 13.1 Å². The Balaban J connectivity index is 1.52. The number of nitrogens with one attached hydrogen (secondary N) is 2. The molecule has 1 heterocycles. The highest BCUT2D eigenvalue weighted by atomic mass is 32.2. The minimum absolute atomic E-state index is 0.00312. The Morgan fingerprint density at radius 2 is 2.06 bits per heavy atom. The zero-order valence-corrected chi connectivity index (χ0v) is 20.8. The summed E-state index contributed by atoms with van der Waals surface area (Å²) in [6.07, 6.45) is 1.39. The average Bonchev–Trinajstić information content (AvgIpc) is 3.45. The maximum absolute atomic E-state index is 12.5. The average molecular weight is 501 g/mol. The molecule has 2 aromatic carbocycles. The minimum Gasteiger partial charge on any atom is -0.489 e. The standard InChI is InChI=1S/C24H32N6O4S/c1-15(2)33-22-9-6-16(14-20(22)26)24-28-23(29-34-24)19-5-3-4-18-17(19)7-8-21(18)30-35(31,32)13-12-27-11-10-25/h3-6,9,14-15,21,27,30H,7-8,10-13,25-26H2,1-2H3. The number of hydrogen-bond acceptors (Lipinski definition) is 9. The van der Waals surface area contributed by atoms with Crippen LogP contribution in [0.25, 0.3) is 22.8 Å². The molecule has 10 nitrogen and oxygen atoms in total. The molecule has 6 N–H and O–H groups in total. The van der Waals surface area contributed by atoms with Crippen molar-refractivity contribution in [3.63, 3.8) is 0 Å². The Labute approximate surface area is 205 Å². The summed E-state index contributed by atoms with van der Waals surface area (Å²) in [5.74, 6) is 1.40. The van der Waals surface area contributed by atoms with Crippen LogP contribution in [0.5, 0.6) is 5.75 Å². The van der Waals surface area contributed by atoms with Gasteiger partial charge < -0.3 is 26.0 Å². The van der Waals surface area contributed by atoms with E-state index in [0.717, 1.165) is 16.7 Å². The fourth-order valence-corrected chi connectivity index (χ4v) is 5.40. The summed E-state index contributed by atoms with van der Waals surface area (Å²) in [4.78, 5) is 4.59. The second-order valence-corrected chi connectivity index (χ2v) is 10.7. The van der Waals surface area contributed by atoms with Crippen molar-refractivity contribution in [1.82, 2.24) is 20.2 Å². The molecule has 188 valence electrons. The second-order valence-electron chi connectivity index (χ2n) is 8.78. The molecule has 35 heavy (non-hydrogen) atoms. The molecule has 1 atom stereocenters. The summed E-state index contributed by atoms with van der Waals surface area (Å²) in [7, 11) is -3.44. The lowest BCUT2D eigenvalue weighted by Gasteiger charge is -2.15. The minimum atomic E-state index is -3.44. The molecule has 0 saturated carbocycles. The smallest absolute Gasteiger partial charge is 0.258 e. The molecule has 11 heteroatoms. The SMILES string of the molecule is CC(C)Oc1ccc(-c2nc(-c3cccc4c3CCC4NS(=O)(=O)CCNCCN)no2)cc1N. The third-order valence-corrected chi connectivity index (χ3v) is 7.13. The first-order valence-electron chi connectivity index (χ1n) is 11.7. The van der Waals surface area contributed by atoms with Crippen LogP contribution in [0.4, 0.5) is 5.69 Å². The summed E-state index contributed by atoms with van der Waals surface area (Å²) in [5.41, 5.74) is 15.5. The lowest BCUT2D eigenvalue weighted by Crippen LogP contribution is -2.35. The van der Waals surface area contributed by atoms with E-state index in [1.54, 1.807) is 12.1 Å². The molecule has 0 radical (unpaired) electrons. The third-order valence-electron chi connectivity index (χ3n) is 5.75. The van der Waals surface area contributed by atoms with Crippen molar-refractivity contribution >= 4 is 15.7 Å². The van der Waals surface area contributed by atoms with Gasteiger partial charge in [-0.2, -0.15) is 4.98 Å². The summed E-state index contributed by atoms with van der Waals surface area (Å²) >= 11 is 0. The summed E-state index contributed by atoms with van der Waals surface area (Å²) < 4.78 is 39.1. The monoisotopic (exact) mass is 500 g/mol. The summed E-state index contributed by atoms with van der Waals surface area (Å²) in [6.45, 7) is 5.28. The van der Waals surface area contributed by atoms with Crippen LogP contribution >= 0.6 is 0 Å². The van der Waals surface area contributed by atoms with Crippen LogP contribution in [0.2, 0.25) is 0 Å². The molecular formula is C24H32N6O4S. The van der Waals surface area contributed by atoms with E-state index in [1.165, 1.54) is 0 Å². The molecular weight excluding hydrogens is 468 g/mol. The number of sulfonamides is 1. The number of hydrogen-bond donors (Lipinski definition) is 4. The predicted molar refractivity (Wildman–Crippen MR) is 135 cm³/mol. The molecule has 0 bridgehead atoms. The highest BCUT2D eigenvalue weighted by molar-refractivity contribution is 7.89. The molecule has 0 amide bonds. The molecule has 1 aliphatic carbocycles. The first-order valence-corrected chi connectivity index (χ1v) is 13.4. The van der Waals surface area contributed by atoms with Crippen LogP contribution in [0.15, 0.2) is 40.9 Å². The van der Waals surface area contributed by atoms with E-state index in [-0.39, 0.29) is 17.9 Å². The number of nitrogen functional groups attached to an aromatic ring is 1. The first kappa shape index (κ1) is 25.1. The van der Waals surface area contributed by atoms with Crippen molar-refractivity contribution in [2.24, 2.45) is 5.73 Å². The van der Waals surface area contributed by atoms with Gasteiger partial charge in [-0.1, -0.05) is 23.4 Å². The van der Waals surface area contributed by atoms with Crippen LogP contribution in [0.1, 0.15) is 37.4 Å². The molecule has 4 rings (SSSR count). The third kappa shape index (κ3) is 5.99. The maximum atomic E-state index is 12.5. The molecule has 0 aliphatic heterocycles. The van der Waals surface area contributed by atoms with Crippen LogP contribution in [-0.4, -0.2) is 50.0 Å². The van der Waals surface area contributed by atoms with Gasteiger partial charge in [0.2, 0.25) is 15.8 Å². The lowest BCUT2D eigenvalue weighted by molar-refractivity contribution is 0.244. The number of fused-ring (bicyclic) bond motifs is 1. The van der Waals surface area contributed by atoms with Gasteiger partial charge >= 0.3 is 0 Å². The number of nitrogens with zero attached hydrogens (tertiary/aromatic N) is 2. The van der Waals surface area contributed by atoms with Gasteiger partial charge in [-0.05, 0) is 56.0 Å². The quantitative estimate of drug-likeness (QED) is 0.229. The zero-order chi connectivity index (χ0) is 25.0. The molecule has 1 aromatic heterocycles. The topological polar surface area (TPSA) is 158 Å². The van der Waals surface area contributed by atoms with E-state index in [0.29, 0.717) is 61.2 Å².